The van der Waals surface area contributed by atoms with Gasteiger partial charge in [-0.2, -0.15) is 0 Å². The number of benzene rings is 3. The average molecular weight is 437 g/mol. The molecule has 0 fully saturated rings. The van der Waals surface area contributed by atoms with Crippen LogP contribution in [0.5, 0.6) is 5.75 Å². The first-order valence-corrected chi connectivity index (χ1v) is 9.89. The number of rotatable bonds is 5. The average Bonchev–Trinajstić information content (AvgIpc) is 3.33. The fourth-order valence-corrected chi connectivity index (χ4v) is 3.57. The lowest BCUT2D eigenvalue weighted by molar-refractivity contribution is -0.127. The van der Waals surface area contributed by atoms with Gasteiger partial charge in [0.25, 0.3) is 5.91 Å². The second kappa shape index (κ2) is 7.48. The number of methoxy groups -OCH3 is 1. The Morgan fingerprint density at radius 3 is 2.81 bits per heavy atom. The molecule has 31 heavy (non-hydrogen) atoms. The van der Waals surface area contributed by atoms with Crippen molar-refractivity contribution >= 4 is 56.2 Å². The number of furan rings is 1. The quantitative estimate of drug-likeness (QED) is 0.437. The predicted molar refractivity (Wildman–Crippen MR) is 117 cm³/mol. The number of halogens is 1. The van der Waals surface area contributed by atoms with Gasteiger partial charge in [0.2, 0.25) is 6.10 Å². The lowest BCUT2D eigenvalue weighted by Crippen LogP contribution is -2.35. The van der Waals surface area contributed by atoms with E-state index in [2.05, 4.69) is 15.6 Å². The number of aromatic nitrogens is 3. The highest BCUT2D eigenvalue weighted by molar-refractivity contribution is 6.31. The highest BCUT2D eigenvalue weighted by atomic mass is 35.5. The fourth-order valence-electron chi connectivity index (χ4n) is 3.40. The van der Waals surface area contributed by atoms with Crippen LogP contribution in [0.4, 0.5) is 5.69 Å². The molecule has 0 bridgehead atoms. The molecule has 0 aliphatic carbocycles. The number of hydrogen-bond acceptors (Lipinski definition) is 6. The molecule has 0 radical (unpaired) electrons. The van der Waals surface area contributed by atoms with Crippen LogP contribution in [0.2, 0.25) is 5.02 Å². The van der Waals surface area contributed by atoms with E-state index in [1.807, 2.05) is 30.3 Å². The summed E-state index contributed by atoms with van der Waals surface area (Å²) in [6.07, 6.45) is -0.875. The highest BCUT2D eigenvalue weighted by Gasteiger charge is 2.20. The van der Waals surface area contributed by atoms with E-state index >= 15 is 0 Å². The molecule has 3 aromatic carbocycles. The molecular formula is C22H17ClN4O4. The molecule has 1 amide bonds. The van der Waals surface area contributed by atoms with Gasteiger partial charge in [-0.1, -0.05) is 34.6 Å². The molecular weight excluding hydrogens is 420 g/mol. The van der Waals surface area contributed by atoms with Crippen LogP contribution in [-0.4, -0.2) is 34.3 Å². The van der Waals surface area contributed by atoms with Crippen LogP contribution >= 0.6 is 11.6 Å². The molecule has 5 rings (SSSR count). The molecule has 156 valence electrons. The summed E-state index contributed by atoms with van der Waals surface area (Å²) >= 11 is 6.04. The molecule has 8 nitrogen and oxygen atoms in total. The number of nitrogens with zero attached hydrogens (tertiary/aromatic N) is 3. The number of amides is 1. The number of hydrogen-bond donors (Lipinski definition) is 1. The van der Waals surface area contributed by atoms with Crippen molar-refractivity contribution in [1.82, 2.24) is 15.2 Å². The minimum absolute atomic E-state index is 0.389. The summed E-state index contributed by atoms with van der Waals surface area (Å²) in [7, 11) is 1.55. The minimum Gasteiger partial charge on any atom is -0.495 e. The van der Waals surface area contributed by atoms with E-state index in [1.54, 1.807) is 38.3 Å². The van der Waals surface area contributed by atoms with Gasteiger partial charge >= 0.3 is 0 Å². The predicted octanol–water partition coefficient (Wildman–Crippen LogP) is 4.45. The Labute approximate surface area is 181 Å². The zero-order valence-electron chi connectivity index (χ0n) is 16.6. The van der Waals surface area contributed by atoms with E-state index in [9.17, 15) is 4.79 Å². The standard InChI is InChI=1S/C22H17ClN4O4/c1-12(31-27-18-9-13(23)7-8-16(18)25-26-27)22(28)24-17-11-20-15(10-21(17)29-2)14-5-3-4-6-19(14)30-20/h3-12H,1-2H3,(H,24,28). The van der Waals surface area contributed by atoms with Crippen LogP contribution in [-0.2, 0) is 4.79 Å². The molecule has 1 atom stereocenters. The zero-order valence-corrected chi connectivity index (χ0v) is 17.4. The summed E-state index contributed by atoms with van der Waals surface area (Å²) in [5.41, 5.74) is 3.04. The number of ether oxygens (including phenoxy) is 1. The zero-order chi connectivity index (χ0) is 21.5. The van der Waals surface area contributed by atoms with Gasteiger partial charge in [-0.25, -0.2) is 0 Å². The maximum Gasteiger partial charge on any atom is 0.268 e. The minimum atomic E-state index is -0.875. The van der Waals surface area contributed by atoms with Gasteiger partial charge in [0.15, 0.2) is 0 Å². The summed E-state index contributed by atoms with van der Waals surface area (Å²) in [6, 6.07) is 16.4. The van der Waals surface area contributed by atoms with Gasteiger partial charge in [0, 0.05) is 21.9 Å². The molecule has 2 aromatic heterocycles. The second-order valence-electron chi connectivity index (χ2n) is 6.98. The highest BCUT2D eigenvalue weighted by Crippen LogP contribution is 2.36. The number of carbonyl (C=O) groups excluding carboxylic acids is 1. The summed E-state index contributed by atoms with van der Waals surface area (Å²) in [5.74, 6) is 0.122. The fraction of sp³-hybridized carbons (Fsp3) is 0.136. The van der Waals surface area contributed by atoms with Gasteiger partial charge in [-0.15, -0.1) is 5.10 Å². The first-order chi connectivity index (χ1) is 15.0. The van der Waals surface area contributed by atoms with Gasteiger partial charge in [0.05, 0.1) is 12.8 Å². The van der Waals surface area contributed by atoms with Crippen molar-refractivity contribution in [2.24, 2.45) is 0 Å². The van der Waals surface area contributed by atoms with Gasteiger partial charge in [0.1, 0.15) is 27.9 Å². The largest absolute Gasteiger partial charge is 0.495 e. The van der Waals surface area contributed by atoms with E-state index in [1.165, 1.54) is 4.85 Å². The molecule has 1 N–H and O–H groups in total. The maximum atomic E-state index is 12.8. The Morgan fingerprint density at radius 2 is 1.97 bits per heavy atom. The molecule has 0 saturated heterocycles. The van der Waals surface area contributed by atoms with Crippen LogP contribution in [0.15, 0.2) is 59.0 Å². The van der Waals surface area contributed by atoms with Crippen LogP contribution in [0.3, 0.4) is 0 Å². The third-order valence-electron chi connectivity index (χ3n) is 4.96. The topological polar surface area (TPSA) is 91.4 Å². The van der Waals surface area contributed by atoms with Crippen LogP contribution in [0.1, 0.15) is 6.92 Å². The molecule has 5 aromatic rings. The number of anilines is 1. The summed E-state index contributed by atoms with van der Waals surface area (Å²) < 4.78 is 11.4. The van der Waals surface area contributed by atoms with Crippen LogP contribution < -0.4 is 14.9 Å². The Hall–Kier alpha value is -3.78. The van der Waals surface area contributed by atoms with E-state index in [4.69, 9.17) is 25.6 Å². The number of carbonyl (C=O) groups is 1. The normalized spacial score (nSPS) is 12.4. The Morgan fingerprint density at radius 1 is 1.13 bits per heavy atom. The van der Waals surface area contributed by atoms with Crippen molar-refractivity contribution in [1.29, 1.82) is 0 Å². The van der Waals surface area contributed by atoms with Crippen molar-refractivity contribution in [3.8, 4) is 5.75 Å². The number of nitrogens with one attached hydrogen (secondary N) is 1. The van der Waals surface area contributed by atoms with Crippen molar-refractivity contribution in [2.75, 3.05) is 12.4 Å². The van der Waals surface area contributed by atoms with E-state index in [0.29, 0.717) is 33.1 Å². The van der Waals surface area contributed by atoms with Crippen molar-refractivity contribution in [2.45, 2.75) is 13.0 Å². The van der Waals surface area contributed by atoms with Crippen molar-refractivity contribution in [3.05, 3.63) is 59.6 Å². The Kier molecular flexibility index (Phi) is 4.63. The van der Waals surface area contributed by atoms with Crippen molar-refractivity contribution < 1.29 is 18.8 Å². The van der Waals surface area contributed by atoms with Gasteiger partial charge in [-0.3, -0.25) is 4.79 Å². The molecule has 9 heteroatoms. The molecule has 2 heterocycles. The SMILES string of the molecule is COc1cc2c(cc1NC(=O)C(C)On1nnc3ccc(Cl)cc31)oc1ccccc12. The van der Waals surface area contributed by atoms with Gasteiger partial charge in [-0.05, 0) is 42.5 Å². The van der Waals surface area contributed by atoms with E-state index < -0.39 is 6.10 Å². The molecule has 0 spiro atoms. The molecule has 0 saturated carbocycles. The summed E-state index contributed by atoms with van der Waals surface area (Å²) in [5, 5.41) is 13.2. The Balaban J connectivity index is 1.42. The van der Waals surface area contributed by atoms with Gasteiger partial charge < -0.3 is 19.3 Å². The third-order valence-corrected chi connectivity index (χ3v) is 5.20. The number of para-hydroxylation sites is 1. The number of fused-ring (bicyclic) bond motifs is 4. The lowest BCUT2D eigenvalue weighted by atomic mass is 10.1. The van der Waals surface area contributed by atoms with E-state index in [0.717, 1.165) is 16.4 Å². The Bertz CT molecular complexity index is 1440. The molecule has 0 aliphatic rings. The molecule has 0 aliphatic heterocycles. The first kappa shape index (κ1) is 19.2. The monoisotopic (exact) mass is 436 g/mol. The van der Waals surface area contributed by atoms with Crippen LogP contribution in [0, 0.1) is 0 Å². The maximum absolute atomic E-state index is 12.8. The third kappa shape index (κ3) is 3.40. The van der Waals surface area contributed by atoms with Crippen molar-refractivity contribution in [3.63, 3.8) is 0 Å². The molecule has 1 unspecified atom stereocenters. The smallest absolute Gasteiger partial charge is 0.268 e. The lowest BCUT2D eigenvalue weighted by Gasteiger charge is -2.15. The van der Waals surface area contributed by atoms with E-state index in [-0.39, 0.29) is 5.91 Å². The van der Waals surface area contributed by atoms with Crippen LogP contribution in [0.25, 0.3) is 33.0 Å². The summed E-state index contributed by atoms with van der Waals surface area (Å²) in [6.45, 7) is 1.61. The second-order valence-corrected chi connectivity index (χ2v) is 7.42. The first-order valence-electron chi connectivity index (χ1n) is 9.52. The summed E-state index contributed by atoms with van der Waals surface area (Å²) in [4.78, 5) is 19.7.